The minimum atomic E-state index is 0.416. The summed E-state index contributed by atoms with van der Waals surface area (Å²) >= 11 is 6.21. The number of hydrogen-bond acceptors (Lipinski definition) is 5. The monoisotopic (exact) mass is 409 g/mol. The summed E-state index contributed by atoms with van der Waals surface area (Å²) in [6.45, 7) is 0. The molecule has 3 aromatic carbocycles. The fourth-order valence-corrected chi connectivity index (χ4v) is 3.47. The van der Waals surface area contributed by atoms with E-state index in [1.807, 2.05) is 78.9 Å². The molecule has 5 rings (SSSR count). The number of pyridine rings is 1. The lowest BCUT2D eigenvalue weighted by Crippen LogP contribution is -2.00. The van der Waals surface area contributed by atoms with Gasteiger partial charge in [0, 0.05) is 27.6 Å². The molecule has 0 spiro atoms. The van der Waals surface area contributed by atoms with Crippen LogP contribution in [0.1, 0.15) is 5.56 Å². The highest BCUT2D eigenvalue weighted by Gasteiger charge is 2.10. The van der Waals surface area contributed by atoms with Crippen LogP contribution in [0.25, 0.3) is 33.1 Å². The van der Waals surface area contributed by atoms with Gasteiger partial charge < -0.3 is 0 Å². The van der Waals surface area contributed by atoms with Gasteiger partial charge in [0.05, 0.1) is 22.9 Å². The second kappa shape index (κ2) is 7.89. The molecule has 0 unspecified atom stereocenters. The molecule has 0 radical (unpaired) electrons. The van der Waals surface area contributed by atoms with E-state index in [1.165, 1.54) is 0 Å². The minimum Gasteiger partial charge on any atom is -0.256 e. The van der Waals surface area contributed by atoms with Crippen LogP contribution in [0, 0.1) is 0 Å². The number of benzene rings is 3. The van der Waals surface area contributed by atoms with E-state index in [4.69, 9.17) is 11.6 Å². The number of hydrazone groups is 1. The fraction of sp³-hybridized carbons (Fsp3) is 0. The summed E-state index contributed by atoms with van der Waals surface area (Å²) in [6, 6.07) is 25.5. The number of rotatable bonds is 4. The van der Waals surface area contributed by atoms with Gasteiger partial charge in [-0.2, -0.15) is 5.10 Å². The largest absolute Gasteiger partial charge is 0.256 e. The molecule has 144 valence electrons. The zero-order chi connectivity index (χ0) is 20.3. The molecule has 0 aliphatic heterocycles. The van der Waals surface area contributed by atoms with Crippen molar-refractivity contribution >= 4 is 45.6 Å². The molecule has 5 nitrogen and oxygen atoms in total. The molecule has 0 amide bonds. The molecule has 0 aliphatic rings. The third-order valence-electron chi connectivity index (χ3n) is 4.71. The number of anilines is 1. The van der Waals surface area contributed by atoms with E-state index in [2.05, 4.69) is 25.5 Å². The first-order valence-electron chi connectivity index (χ1n) is 9.43. The quantitative estimate of drug-likeness (QED) is 0.294. The number of hydrogen-bond donors (Lipinski definition) is 1. The number of aromatic nitrogens is 3. The highest BCUT2D eigenvalue weighted by atomic mass is 35.5. The van der Waals surface area contributed by atoms with Crippen molar-refractivity contribution in [3.8, 4) is 11.3 Å². The molecule has 0 saturated carbocycles. The lowest BCUT2D eigenvalue weighted by Gasteiger charge is -2.09. The molecule has 0 bridgehead atoms. The topological polar surface area (TPSA) is 63.1 Å². The van der Waals surface area contributed by atoms with Crippen LogP contribution in [-0.4, -0.2) is 21.2 Å². The van der Waals surface area contributed by atoms with Gasteiger partial charge in [-0.05, 0) is 35.9 Å². The zero-order valence-corrected chi connectivity index (χ0v) is 16.6. The van der Waals surface area contributed by atoms with Gasteiger partial charge in [0.1, 0.15) is 0 Å². The Bertz CT molecular complexity index is 1380. The van der Waals surface area contributed by atoms with Crippen LogP contribution in [0.15, 0.2) is 90.2 Å². The van der Waals surface area contributed by atoms with Crippen LogP contribution in [0.2, 0.25) is 5.02 Å². The van der Waals surface area contributed by atoms with Crippen molar-refractivity contribution in [2.75, 3.05) is 5.43 Å². The number of nitrogens with one attached hydrogen (secondary N) is 1. The summed E-state index contributed by atoms with van der Waals surface area (Å²) in [5, 5.41) is 6.95. The maximum Gasteiger partial charge on any atom is 0.244 e. The zero-order valence-electron chi connectivity index (χ0n) is 15.8. The number of nitrogens with zero attached hydrogens (tertiary/aromatic N) is 4. The second-order valence-electron chi connectivity index (χ2n) is 6.75. The highest BCUT2D eigenvalue weighted by Crippen LogP contribution is 2.29. The summed E-state index contributed by atoms with van der Waals surface area (Å²) in [4.78, 5) is 13.6. The molecule has 1 N–H and O–H groups in total. The Morgan fingerprint density at radius 3 is 2.63 bits per heavy atom. The van der Waals surface area contributed by atoms with Crippen LogP contribution in [0.3, 0.4) is 0 Å². The molecule has 0 atom stereocenters. The van der Waals surface area contributed by atoms with Crippen LogP contribution in [-0.2, 0) is 0 Å². The van der Waals surface area contributed by atoms with Crippen molar-refractivity contribution in [1.82, 2.24) is 15.0 Å². The third kappa shape index (κ3) is 3.71. The first-order valence-corrected chi connectivity index (χ1v) is 9.81. The average molecular weight is 410 g/mol. The molecule has 6 heteroatoms. The summed E-state index contributed by atoms with van der Waals surface area (Å²) in [7, 11) is 0. The summed E-state index contributed by atoms with van der Waals surface area (Å²) < 4.78 is 0. The first-order chi connectivity index (χ1) is 14.8. The van der Waals surface area contributed by atoms with Crippen molar-refractivity contribution in [3.05, 3.63) is 95.6 Å². The Morgan fingerprint density at radius 2 is 1.73 bits per heavy atom. The van der Waals surface area contributed by atoms with Gasteiger partial charge in [0.15, 0.2) is 0 Å². The van der Waals surface area contributed by atoms with E-state index in [9.17, 15) is 0 Å². The molecule has 30 heavy (non-hydrogen) atoms. The van der Waals surface area contributed by atoms with Crippen molar-refractivity contribution in [3.63, 3.8) is 0 Å². The van der Waals surface area contributed by atoms with Crippen molar-refractivity contribution in [2.45, 2.75) is 0 Å². The first kappa shape index (κ1) is 18.2. The normalized spacial score (nSPS) is 11.4. The summed E-state index contributed by atoms with van der Waals surface area (Å²) in [6.07, 6.45) is 3.51. The molecule has 2 heterocycles. The average Bonchev–Trinajstić information content (AvgIpc) is 2.79. The highest BCUT2D eigenvalue weighted by molar-refractivity contribution is 6.31. The summed E-state index contributed by atoms with van der Waals surface area (Å²) in [5.74, 6) is 0.416. The molecule has 0 fully saturated rings. The van der Waals surface area contributed by atoms with Crippen molar-refractivity contribution in [1.29, 1.82) is 0 Å². The molecule has 5 aromatic rings. The molecular formula is C24H16ClN5. The van der Waals surface area contributed by atoms with Gasteiger partial charge in [-0.25, -0.2) is 15.4 Å². The molecule has 2 aromatic heterocycles. The maximum absolute atomic E-state index is 6.21. The van der Waals surface area contributed by atoms with Gasteiger partial charge in [-0.3, -0.25) is 4.98 Å². The maximum atomic E-state index is 6.21. The lowest BCUT2D eigenvalue weighted by molar-refractivity contribution is 1.16. The van der Waals surface area contributed by atoms with Crippen LogP contribution >= 0.6 is 11.6 Å². The van der Waals surface area contributed by atoms with Crippen molar-refractivity contribution < 1.29 is 0 Å². The second-order valence-corrected chi connectivity index (χ2v) is 7.19. The predicted molar refractivity (Wildman–Crippen MR) is 123 cm³/mol. The Morgan fingerprint density at radius 1 is 0.833 bits per heavy atom. The lowest BCUT2D eigenvalue weighted by atomic mass is 10.1. The minimum absolute atomic E-state index is 0.416. The third-order valence-corrected chi connectivity index (χ3v) is 4.95. The smallest absolute Gasteiger partial charge is 0.244 e. The SMILES string of the molecule is Clc1ccc2nc(N/N=C/c3ccc4cccnc4c3)nc(-c3ccccc3)c2c1. The van der Waals surface area contributed by atoms with Gasteiger partial charge in [-0.15, -0.1) is 0 Å². The van der Waals surface area contributed by atoms with Crippen LogP contribution in [0.4, 0.5) is 5.95 Å². The standard InChI is InChI=1S/C24H16ClN5/c25-19-10-11-21-20(14-19)23(18-5-2-1-3-6-18)29-24(28-21)30-27-15-16-8-9-17-7-4-12-26-22(17)13-16/h1-15H,(H,28,29,30)/b27-15+. The number of fused-ring (bicyclic) bond motifs is 2. The van der Waals surface area contributed by atoms with E-state index in [0.29, 0.717) is 11.0 Å². The fourth-order valence-electron chi connectivity index (χ4n) is 3.30. The van der Waals surface area contributed by atoms with Crippen molar-refractivity contribution in [2.24, 2.45) is 5.10 Å². The van der Waals surface area contributed by atoms with E-state index >= 15 is 0 Å². The Balaban J connectivity index is 1.49. The Labute approximate surface area is 178 Å². The predicted octanol–water partition coefficient (Wildman–Crippen LogP) is 5.94. The van der Waals surface area contributed by atoms with Crippen LogP contribution in [0.5, 0.6) is 0 Å². The number of halogens is 1. The molecule has 0 saturated heterocycles. The van der Waals surface area contributed by atoms with E-state index in [0.717, 1.165) is 38.6 Å². The van der Waals surface area contributed by atoms with Gasteiger partial charge in [-0.1, -0.05) is 60.1 Å². The van der Waals surface area contributed by atoms with E-state index in [1.54, 1.807) is 12.4 Å². The van der Waals surface area contributed by atoms with Gasteiger partial charge in [0.2, 0.25) is 5.95 Å². The van der Waals surface area contributed by atoms with Gasteiger partial charge >= 0.3 is 0 Å². The summed E-state index contributed by atoms with van der Waals surface area (Å²) in [5.41, 5.74) is 7.39. The van der Waals surface area contributed by atoms with E-state index in [-0.39, 0.29) is 0 Å². The molecular weight excluding hydrogens is 394 g/mol. The van der Waals surface area contributed by atoms with Crippen LogP contribution < -0.4 is 5.43 Å². The Hall–Kier alpha value is -3.83. The van der Waals surface area contributed by atoms with Gasteiger partial charge in [0.25, 0.3) is 0 Å². The Kier molecular flexibility index (Phi) is 4.79. The molecule has 0 aliphatic carbocycles. The van der Waals surface area contributed by atoms with E-state index < -0.39 is 0 Å².